The van der Waals surface area contributed by atoms with Crippen LogP contribution in [-0.4, -0.2) is 29.8 Å². The van der Waals surface area contributed by atoms with Gasteiger partial charge in [-0.05, 0) is 20.3 Å². The number of nitriles is 1. The Morgan fingerprint density at radius 1 is 1.50 bits per heavy atom. The van der Waals surface area contributed by atoms with Crippen molar-refractivity contribution in [3.63, 3.8) is 0 Å². The molecule has 14 heavy (non-hydrogen) atoms. The predicted molar refractivity (Wildman–Crippen MR) is 56.9 cm³/mol. The summed E-state index contributed by atoms with van der Waals surface area (Å²) in [5, 5.41) is 8.47. The van der Waals surface area contributed by atoms with E-state index in [4.69, 9.17) is 5.26 Å². The third-order valence-electron chi connectivity index (χ3n) is 2.15. The first-order valence-corrected chi connectivity index (χ1v) is 5.24. The molecule has 0 saturated carbocycles. The maximum absolute atomic E-state index is 11.4. The van der Waals surface area contributed by atoms with Gasteiger partial charge in [-0.1, -0.05) is 6.92 Å². The van der Waals surface area contributed by atoms with Crippen LogP contribution in [0.4, 0.5) is 0 Å². The van der Waals surface area contributed by atoms with E-state index in [1.165, 1.54) is 0 Å². The van der Waals surface area contributed by atoms with Crippen molar-refractivity contribution in [3.8, 4) is 6.07 Å². The van der Waals surface area contributed by atoms with E-state index in [9.17, 15) is 4.79 Å². The van der Waals surface area contributed by atoms with E-state index in [2.05, 4.69) is 24.8 Å². The van der Waals surface area contributed by atoms with E-state index in [0.29, 0.717) is 32.0 Å². The fourth-order valence-electron chi connectivity index (χ4n) is 1.30. The Balaban J connectivity index is 3.97. The molecule has 0 rings (SSSR count). The molecule has 0 unspecified atom stereocenters. The highest BCUT2D eigenvalue weighted by Crippen LogP contribution is 2.01. The van der Waals surface area contributed by atoms with E-state index < -0.39 is 0 Å². The summed E-state index contributed by atoms with van der Waals surface area (Å²) in [6.07, 6.45) is 2.05. The van der Waals surface area contributed by atoms with E-state index in [0.717, 1.165) is 6.42 Å². The maximum Gasteiger partial charge on any atom is 0.146 e. The maximum atomic E-state index is 11.4. The molecule has 0 aliphatic rings. The van der Waals surface area contributed by atoms with Crippen LogP contribution in [0.2, 0.25) is 0 Å². The minimum absolute atomic E-state index is 0.277. The monoisotopic (exact) mass is 196 g/mol. The smallest absolute Gasteiger partial charge is 0.146 e. The molecular weight excluding hydrogens is 176 g/mol. The van der Waals surface area contributed by atoms with Gasteiger partial charge in [-0.3, -0.25) is 9.69 Å². The minimum Gasteiger partial charge on any atom is -0.298 e. The second-order valence-corrected chi connectivity index (χ2v) is 3.76. The molecule has 0 bridgehead atoms. The molecule has 0 N–H and O–H groups in total. The quantitative estimate of drug-likeness (QED) is 0.625. The van der Waals surface area contributed by atoms with Crippen LogP contribution in [0.3, 0.4) is 0 Å². The summed E-state index contributed by atoms with van der Waals surface area (Å²) in [6.45, 7) is 7.30. The molecular formula is C11H20N2O. The Hall–Kier alpha value is -0.880. The zero-order valence-corrected chi connectivity index (χ0v) is 9.42. The number of Topliss-reactive ketones (excluding diaryl/α,β-unsaturated/α-hetero) is 1. The molecule has 0 fully saturated rings. The van der Waals surface area contributed by atoms with Gasteiger partial charge in [-0.2, -0.15) is 5.26 Å². The standard InChI is InChI=1S/C11H20N2O/c1-4-6-11(14)9-13(10(2)3)8-5-7-12/h10H,4-6,8-9H2,1-3H3. The van der Waals surface area contributed by atoms with Gasteiger partial charge in [0.1, 0.15) is 5.78 Å². The van der Waals surface area contributed by atoms with E-state index >= 15 is 0 Å². The molecule has 0 saturated heterocycles. The summed E-state index contributed by atoms with van der Waals surface area (Å²) in [5.41, 5.74) is 0. The van der Waals surface area contributed by atoms with Crippen molar-refractivity contribution in [2.45, 2.75) is 46.1 Å². The average molecular weight is 196 g/mol. The molecule has 0 aliphatic carbocycles. The summed E-state index contributed by atoms with van der Waals surface area (Å²) in [5.74, 6) is 0.277. The van der Waals surface area contributed by atoms with Gasteiger partial charge in [-0.25, -0.2) is 0 Å². The van der Waals surface area contributed by atoms with Crippen LogP contribution in [0.5, 0.6) is 0 Å². The lowest BCUT2D eigenvalue weighted by atomic mass is 10.2. The summed E-state index contributed by atoms with van der Waals surface area (Å²) >= 11 is 0. The normalized spacial score (nSPS) is 10.6. The van der Waals surface area contributed by atoms with Crippen LogP contribution in [0.1, 0.15) is 40.0 Å². The molecule has 80 valence electrons. The van der Waals surface area contributed by atoms with Crippen LogP contribution in [-0.2, 0) is 4.79 Å². The van der Waals surface area contributed by atoms with Gasteiger partial charge in [-0.15, -0.1) is 0 Å². The Morgan fingerprint density at radius 2 is 2.14 bits per heavy atom. The van der Waals surface area contributed by atoms with Gasteiger partial charge >= 0.3 is 0 Å². The van der Waals surface area contributed by atoms with Gasteiger partial charge in [0.15, 0.2) is 0 Å². The van der Waals surface area contributed by atoms with E-state index in [1.807, 2.05) is 6.92 Å². The van der Waals surface area contributed by atoms with Crippen LogP contribution in [0.15, 0.2) is 0 Å². The first-order valence-electron chi connectivity index (χ1n) is 5.24. The molecule has 0 heterocycles. The lowest BCUT2D eigenvalue weighted by Crippen LogP contribution is -2.36. The van der Waals surface area contributed by atoms with Gasteiger partial charge in [0, 0.05) is 25.4 Å². The molecule has 3 heteroatoms. The zero-order chi connectivity index (χ0) is 11.0. The fourth-order valence-corrected chi connectivity index (χ4v) is 1.30. The Labute approximate surface area is 86.7 Å². The Bertz CT molecular complexity index is 206. The highest BCUT2D eigenvalue weighted by Gasteiger charge is 2.12. The van der Waals surface area contributed by atoms with Gasteiger partial charge in [0.2, 0.25) is 0 Å². The van der Waals surface area contributed by atoms with Crippen molar-refractivity contribution in [2.24, 2.45) is 0 Å². The van der Waals surface area contributed by atoms with E-state index in [1.54, 1.807) is 0 Å². The SMILES string of the molecule is CCCC(=O)CN(CCC#N)C(C)C. The summed E-state index contributed by atoms with van der Waals surface area (Å²) in [4.78, 5) is 13.5. The number of carbonyl (C=O) groups is 1. The van der Waals surface area contributed by atoms with Gasteiger partial charge < -0.3 is 0 Å². The number of hydrogen-bond acceptors (Lipinski definition) is 3. The number of hydrogen-bond donors (Lipinski definition) is 0. The molecule has 3 nitrogen and oxygen atoms in total. The third-order valence-corrected chi connectivity index (χ3v) is 2.15. The molecule has 0 atom stereocenters. The Kier molecular flexibility index (Phi) is 7.04. The lowest BCUT2D eigenvalue weighted by Gasteiger charge is -2.24. The van der Waals surface area contributed by atoms with Crippen molar-refractivity contribution in [1.29, 1.82) is 5.26 Å². The van der Waals surface area contributed by atoms with Gasteiger partial charge in [0.05, 0.1) is 12.6 Å². The molecule has 0 spiro atoms. The van der Waals surface area contributed by atoms with Gasteiger partial charge in [0.25, 0.3) is 0 Å². The van der Waals surface area contributed by atoms with Crippen LogP contribution < -0.4 is 0 Å². The highest BCUT2D eigenvalue weighted by molar-refractivity contribution is 5.80. The summed E-state index contributed by atoms with van der Waals surface area (Å²) in [7, 11) is 0. The number of carbonyl (C=O) groups excluding carboxylic acids is 1. The van der Waals surface area contributed by atoms with Crippen LogP contribution in [0.25, 0.3) is 0 Å². The van der Waals surface area contributed by atoms with Crippen molar-refractivity contribution in [1.82, 2.24) is 4.90 Å². The molecule has 0 aromatic rings. The zero-order valence-electron chi connectivity index (χ0n) is 9.42. The minimum atomic E-state index is 0.277. The molecule has 0 aromatic heterocycles. The molecule has 0 aliphatic heterocycles. The third kappa shape index (κ3) is 5.71. The summed E-state index contributed by atoms with van der Waals surface area (Å²) < 4.78 is 0. The number of ketones is 1. The van der Waals surface area contributed by atoms with Crippen LogP contribution in [0, 0.1) is 11.3 Å². The molecule has 0 radical (unpaired) electrons. The first kappa shape index (κ1) is 13.1. The molecule has 0 amide bonds. The Morgan fingerprint density at radius 3 is 2.57 bits per heavy atom. The van der Waals surface area contributed by atoms with Crippen molar-refractivity contribution in [3.05, 3.63) is 0 Å². The first-order chi connectivity index (χ1) is 6.61. The lowest BCUT2D eigenvalue weighted by molar-refractivity contribution is -0.120. The second kappa shape index (κ2) is 7.52. The van der Waals surface area contributed by atoms with Crippen molar-refractivity contribution in [2.75, 3.05) is 13.1 Å². The largest absolute Gasteiger partial charge is 0.298 e. The molecule has 0 aromatic carbocycles. The number of nitrogens with zero attached hydrogens (tertiary/aromatic N) is 2. The average Bonchev–Trinajstić information content (AvgIpc) is 2.12. The van der Waals surface area contributed by atoms with Crippen LogP contribution >= 0.6 is 0 Å². The highest BCUT2D eigenvalue weighted by atomic mass is 16.1. The number of rotatable bonds is 7. The van der Waals surface area contributed by atoms with Crippen molar-refractivity contribution < 1.29 is 4.79 Å². The topological polar surface area (TPSA) is 44.1 Å². The van der Waals surface area contributed by atoms with Crippen molar-refractivity contribution >= 4 is 5.78 Å². The second-order valence-electron chi connectivity index (χ2n) is 3.76. The fraction of sp³-hybridized carbons (Fsp3) is 0.818. The van der Waals surface area contributed by atoms with E-state index in [-0.39, 0.29) is 5.78 Å². The predicted octanol–water partition coefficient (Wildman–Crippen LogP) is 1.98. The summed E-state index contributed by atoms with van der Waals surface area (Å²) in [6, 6.07) is 2.44.